The number of carbonyl (C=O) groups is 2. The Kier molecular flexibility index (Phi) is 5.80. The molecule has 0 bridgehead atoms. The maximum Gasteiger partial charge on any atom is 0.226 e. The van der Waals surface area contributed by atoms with Gasteiger partial charge in [-0.05, 0) is 23.8 Å². The van der Waals surface area contributed by atoms with Crippen LogP contribution in [0, 0.1) is 5.82 Å². The Morgan fingerprint density at radius 2 is 2.00 bits per heavy atom. The number of hydrogen-bond acceptors (Lipinski definition) is 3. The van der Waals surface area contributed by atoms with Crippen molar-refractivity contribution >= 4 is 17.5 Å². The molecule has 0 aliphatic heterocycles. The number of halogens is 1. The van der Waals surface area contributed by atoms with E-state index in [0.717, 1.165) is 5.56 Å². The first kappa shape index (κ1) is 16.6. The van der Waals surface area contributed by atoms with Crippen LogP contribution in [0.1, 0.15) is 18.9 Å². The van der Waals surface area contributed by atoms with Crippen LogP contribution in [0.3, 0.4) is 0 Å². The normalized spacial score (nSPS) is 10.2. The zero-order valence-corrected chi connectivity index (χ0v) is 12.8. The molecule has 0 atom stereocenters. The largest absolute Gasteiger partial charge is 0.338 e. The van der Waals surface area contributed by atoms with E-state index in [0.29, 0.717) is 6.54 Å². The standard InChI is InChI=1S/C17H18FN3O2/c1-13(22)21(12-14-5-4-9-19-11-14)10-8-17(23)20-16-7-3-2-6-15(16)18/h2-7,9,11H,8,10,12H2,1H3,(H,20,23). The number of nitrogens with one attached hydrogen (secondary N) is 1. The quantitative estimate of drug-likeness (QED) is 0.891. The first-order valence-electron chi connectivity index (χ1n) is 7.25. The topological polar surface area (TPSA) is 62.3 Å². The fraction of sp³-hybridized carbons (Fsp3) is 0.235. The molecule has 0 fully saturated rings. The minimum absolute atomic E-state index is 0.0914. The van der Waals surface area contributed by atoms with Crippen molar-refractivity contribution in [2.24, 2.45) is 0 Å². The molecule has 2 aromatic rings. The van der Waals surface area contributed by atoms with E-state index in [1.807, 2.05) is 6.07 Å². The summed E-state index contributed by atoms with van der Waals surface area (Å²) in [5, 5.41) is 2.50. The molecule has 5 nitrogen and oxygen atoms in total. The van der Waals surface area contributed by atoms with Crippen LogP contribution in [0.2, 0.25) is 0 Å². The number of rotatable bonds is 6. The van der Waals surface area contributed by atoms with E-state index in [4.69, 9.17) is 0 Å². The molecular weight excluding hydrogens is 297 g/mol. The monoisotopic (exact) mass is 315 g/mol. The Morgan fingerprint density at radius 3 is 2.65 bits per heavy atom. The summed E-state index contributed by atoms with van der Waals surface area (Å²) >= 11 is 0. The highest BCUT2D eigenvalue weighted by Gasteiger charge is 2.13. The van der Waals surface area contributed by atoms with Crippen molar-refractivity contribution in [1.82, 2.24) is 9.88 Å². The molecular formula is C17H18FN3O2. The SMILES string of the molecule is CC(=O)N(CCC(=O)Nc1ccccc1F)Cc1cccnc1. The van der Waals surface area contributed by atoms with Gasteiger partial charge in [-0.3, -0.25) is 14.6 Å². The van der Waals surface area contributed by atoms with Crippen molar-refractivity contribution in [2.75, 3.05) is 11.9 Å². The van der Waals surface area contributed by atoms with Gasteiger partial charge in [0.05, 0.1) is 5.69 Å². The van der Waals surface area contributed by atoms with Crippen LogP contribution in [0.15, 0.2) is 48.8 Å². The number of amides is 2. The molecule has 0 aliphatic carbocycles. The zero-order valence-electron chi connectivity index (χ0n) is 12.8. The molecule has 23 heavy (non-hydrogen) atoms. The maximum absolute atomic E-state index is 13.5. The molecule has 0 saturated carbocycles. The predicted octanol–water partition coefficient (Wildman–Crippen LogP) is 2.60. The summed E-state index contributed by atoms with van der Waals surface area (Å²) in [5.41, 5.74) is 1.02. The molecule has 1 aromatic carbocycles. The summed E-state index contributed by atoms with van der Waals surface area (Å²) in [6.45, 7) is 2.09. The van der Waals surface area contributed by atoms with E-state index in [1.54, 1.807) is 35.5 Å². The molecule has 0 aliphatic rings. The second-order valence-corrected chi connectivity index (χ2v) is 5.08. The second kappa shape index (κ2) is 8.03. The van der Waals surface area contributed by atoms with Crippen LogP contribution in [-0.2, 0) is 16.1 Å². The van der Waals surface area contributed by atoms with Crippen molar-refractivity contribution < 1.29 is 14.0 Å². The summed E-state index contributed by atoms with van der Waals surface area (Å²) in [5.74, 6) is -0.959. The summed E-state index contributed by atoms with van der Waals surface area (Å²) in [4.78, 5) is 29.2. The molecule has 2 amide bonds. The van der Waals surface area contributed by atoms with Crippen molar-refractivity contribution in [3.63, 3.8) is 0 Å². The Hall–Kier alpha value is -2.76. The highest BCUT2D eigenvalue weighted by atomic mass is 19.1. The van der Waals surface area contributed by atoms with Crippen LogP contribution in [0.5, 0.6) is 0 Å². The van der Waals surface area contributed by atoms with Gasteiger partial charge in [0.1, 0.15) is 5.82 Å². The second-order valence-electron chi connectivity index (χ2n) is 5.08. The molecule has 0 saturated heterocycles. The van der Waals surface area contributed by atoms with Crippen molar-refractivity contribution in [1.29, 1.82) is 0 Å². The van der Waals surface area contributed by atoms with Gasteiger partial charge in [0.25, 0.3) is 0 Å². The van der Waals surface area contributed by atoms with Gasteiger partial charge in [0.15, 0.2) is 0 Å². The Morgan fingerprint density at radius 1 is 1.22 bits per heavy atom. The average Bonchev–Trinajstić information content (AvgIpc) is 2.54. The molecule has 1 heterocycles. The van der Waals surface area contributed by atoms with Gasteiger partial charge in [-0.25, -0.2) is 4.39 Å². The Labute approximate surface area is 134 Å². The van der Waals surface area contributed by atoms with Crippen LogP contribution in [-0.4, -0.2) is 28.2 Å². The fourth-order valence-corrected chi connectivity index (χ4v) is 2.07. The van der Waals surface area contributed by atoms with E-state index in [2.05, 4.69) is 10.3 Å². The van der Waals surface area contributed by atoms with Gasteiger partial charge in [-0.15, -0.1) is 0 Å². The molecule has 0 unspecified atom stereocenters. The van der Waals surface area contributed by atoms with Gasteiger partial charge >= 0.3 is 0 Å². The number of aromatic nitrogens is 1. The van der Waals surface area contributed by atoms with E-state index in [-0.39, 0.29) is 30.5 Å². The number of hydrogen-bond donors (Lipinski definition) is 1. The third kappa shape index (κ3) is 5.18. The van der Waals surface area contributed by atoms with Crippen LogP contribution in [0.25, 0.3) is 0 Å². The summed E-state index contributed by atoms with van der Waals surface area (Å²) in [7, 11) is 0. The summed E-state index contributed by atoms with van der Waals surface area (Å²) < 4.78 is 13.5. The number of carbonyl (C=O) groups excluding carboxylic acids is 2. The minimum Gasteiger partial charge on any atom is -0.338 e. The van der Waals surface area contributed by atoms with Gasteiger partial charge < -0.3 is 10.2 Å². The Balaban J connectivity index is 1.90. The smallest absolute Gasteiger partial charge is 0.226 e. The zero-order chi connectivity index (χ0) is 16.7. The van der Waals surface area contributed by atoms with Gasteiger partial charge in [0.2, 0.25) is 11.8 Å². The summed E-state index contributed by atoms with van der Waals surface area (Å²) in [6.07, 6.45) is 3.42. The number of pyridine rings is 1. The van der Waals surface area contributed by atoms with Crippen molar-refractivity contribution in [2.45, 2.75) is 19.9 Å². The maximum atomic E-state index is 13.5. The molecule has 1 aromatic heterocycles. The van der Waals surface area contributed by atoms with Crippen LogP contribution >= 0.6 is 0 Å². The third-order valence-corrected chi connectivity index (χ3v) is 3.30. The van der Waals surface area contributed by atoms with E-state index >= 15 is 0 Å². The highest BCUT2D eigenvalue weighted by molar-refractivity contribution is 5.91. The molecule has 0 radical (unpaired) electrons. The lowest BCUT2D eigenvalue weighted by Crippen LogP contribution is -2.31. The van der Waals surface area contributed by atoms with Gasteiger partial charge in [0, 0.05) is 38.8 Å². The molecule has 2 rings (SSSR count). The number of anilines is 1. The van der Waals surface area contributed by atoms with E-state index in [1.165, 1.54) is 19.1 Å². The molecule has 120 valence electrons. The minimum atomic E-state index is -0.486. The van der Waals surface area contributed by atoms with Crippen molar-refractivity contribution in [3.05, 3.63) is 60.2 Å². The van der Waals surface area contributed by atoms with Crippen LogP contribution in [0.4, 0.5) is 10.1 Å². The first-order valence-corrected chi connectivity index (χ1v) is 7.25. The first-order chi connectivity index (χ1) is 11.1. The van der Waals surface area contributed by atoms with E-state index < -0.39 is 5.82 Å². The van der Waals surface area contributed by atoms with Crippen molar-refractivity contribution in [3.8, 4) is 0 Å². The number of benzene rings is 1. The lowest BCUT2D eigenvalue weighted by Gasteiger charge is -2.20. The summed E-state index contributed by atoms with van der Waals surface area (Å²) in [6, 6.07) is 9.62. The number of para-hydroxylation sites is 1. The lowest BCUT2D eigenvalue weighted by atomic mass is 10.2. The van der Waals surface area contributed by atoms with Gasteiger partial charge in [-0.2, -0.15) is 0 Å². The number of nitrogens with zero attached hydrogens (tertiary/aromatic N) is 2. The molecule has 6 heteroatoms. The Bertz CT molecular complexity index is 677. The molecule has 1 N–H and O–H groups in total. The predicted molar refractivity (Wildman–Crippen MR) is 85.0 cm³/mol. The molecule has 0 spiro atoms. The van der Waals surface area contributed by atoms with Gasteiger partial charge in [-0.1, -0.05) is 18.2 Å². The third-order valence-electron chi connectivity index (χ3n) is 3.30. The van der Waals surface area contributed by atoms with E-state index in [9.17, 15) is 14.0 Å². The van der Waals surface area contributed by atoms with Crippen LogP contribution < -0.4 is 5.32 Å². The lowest BCUT2D eigenvalue weighted by molar-refractivity contribution is -0.129. The fourth-order valence-electron chi connectivity index (χ4n) is 2.07. The average molecular weight is 315 g/mol. The highest BCUT2D eigenvalue weighted by Crippen LogP contribution is 2.13.